The first-order valence-corrected chi connectivity index (χ1v) is 7.05. The lowest BCUT2D eigenvalue weighted by atomic mass is 10.0. The molecule has 16 heavy (non-hydrogen) atoms. The third-order valence-corrected chi connectivity index (χ3v) is 3.69. The molecule has 0 unspecified atom stereocenters. The van der Waals surface area contributed by atoms with Crippen LogP contribution in [0.15, 0.2) is 12.3 Å². The van der Waals surface area contributed by atoms with Crippen molar-refractivity contribution >= 4 is 11.8 Å². The van der Waals surface area contributed by atoms with Crippen LogP contribution in [-0.4, -0.2) is 21.5 Å². The van der Waals surface area contributed by atoms with Crippen LogP contribution in [0, 0.1) is 5.41 Å². The largest absolute Gasteiger partial charge is 0.241 e. The average Bonchev–Trinajstić information content (AvgIpc) is 2.23. The van der Waals surface area contributed by atoms with E-state index in [0.29, 0.717) is 5.41 Å². The van der Waals surface area contributed by atoms with Gasteiger partial charge in [0.2, 0.25) is 0 Å². The number of rotatable bonds is 5. The molecule has 0 saturated carbocycles. The van der Waals surface area contributed by atoms with Crippen LogP contribution in [0.25, 0.3) is 0 Å². The summed E-state index contributed by atoms with van der Waals surface area (Å²) in [6, 6.07) is 1.99. The Kier molecular flexibility index (Phi) is 5.26. The van der Waals surface area contributed by atoms with Crippen molar-refractivity contribution < 1.29 is 0 Å². The second-order valence-corrected chi connectivity index (χ2v) is 6.29. The molecule has 0 aliphatic rings. The van der Waals surface area contributed by atoms with Gasteiger partial charge in [0.1, 0.15) is 5.82 Å². The Hall–Kier alpha value is -0.570. The normalized spacial score (nSPS) is 11.8. The smallest absolute Gasteiger partial charge is 0.129 e. The number of thioether (sulfide) groups is 1. The van der Waals surface area contributed by atoms with Crippen molar-refractivity contribution in [1.29, 1.82) is 0 Å². The summed E-state index contributed by atoms with van der Waals surface area (Å²) in [6.07, 6.45) is 3.84. The lowest BCUT2D eigenvalue weighted by Gasteiger charge is -2.16. The van der Waals surface area contributed by atoms with E-state index in [0.717, 1.165) is 30.1 Å². The molecule has 0 saturated heterocycles. The van der Waals surface area contributed by atoms with Crippen LogP contribution in [-0.2, 0) is 12.8 Å². The van der Waals surface area contributed by atoms with Gasteiger partial charge in [-0.1, -0.05) is 27.7 Å². The molecule has 0 bridgehead atoms. The molecule has 0 aliphatic carbocycles. The van der Waals surface area contributed by atoms with Crippen molar-refractivity contribution in [1.82, 2.24) is 9.97 Å². The Morgan fingerprint density at radius 1 is 1.31 bits per heavy atom. The SMILES string of the molecule is CCc1ccnc(CCSCC(C)(C)C)n1. The zero-order valence-corrected chi connectivity index (χ0v) is 11.6. The molecule has 3 heteroatoms. The number of aryl methyl sites for hydroxylation is 2. The van der Waals surface area contributed by atoms with Gasteiger partial charge in [0.05, 0.1) is 0 Å². The predicted molar refractivity (Wildman–Crippen MR) is 71.9 cm³/mol. The molecular weight excluding hydrogens is 216 g/mol. The quantitative estimate of drug-likeness (QED) is 0.736. The summed E-state index contributed by atoms with van der Waals surface area (Å²) in [5.41, 5.74) is 1.56. The first-order valence-electron chi connectivity index (χ1n) is 5.90. The summed E-state index contributed by atoms with van der Waals surface area (Å²) in [4.78, 5) is 8.80. The first kappa shape index (κ1) is 13.5. The highest BCUT2D eigenvalue weighted by Gasteiger charge is 2.09. The highest BCUT2D eigenvalue weighted by atomic mass is 32.2. The summed E-state index contributed by atoms with van der Waals surface area (Å²) in [5.74, 6) is 3.30. The lowest BCUT2D eigenvalue weighted by Crippen LogP contribution is -2.09. The molecule has 0 spiro atoms. The summed E-state index contributed by atoms with van der Waals surface area (Å²) >= 11 is 1.99. The molecule has 0 amide bonds. The number of aromatic nitrogens is 2. The summed E-state index contributed by atoms with van der Waals surface area (Å²) in [6.45, 7) is 8.94. The Morgan fingerprint density at radius 2 is 2.06 bits per heavy atom. The maximum atomic E-state index is 4.50. The Labute approximate surface area is 103 Å². The topological polar surface area (TPSA) is 25.8 Å². The zero-order valence-electron chi connectivity index (χ0n) is 10.8. The number of hydrogen-bond donors (Lipinski definition) is 0. The molecule has 0 radical (unpaired) electrons. The fourth-order valence-corrected chi connectivity index (χ4v) is 2.38. The van der Waals surface area contributed by atoms with Crippen molar-refractivity contribution in [3.8, 4) is 0 Å². The minimum Gasteiger partial charge on any atom is -0.241 e. The highest BCUT2D eigenvalue weighted by molar-refractivity contribution is 7.99. The van der Waals surface area contributed by atoms with Gasteiger partial charge in [0, 0.05) is 24.1 Å². The van der Waals surface area contributed by atoms with Gasteiger partial charge in [-0.2, -0.15) is 11.8 Å². The van der Waals surface area contributed by atoms with Crippen LogP contribution in [0.2, 0.25) is 0 Å². The van der Waals surface area contributed by atoms with Crippen LogP contribution in [0.3, 0.4) is 0 Å². The van der Waals surface area contributed by atoms with Gasteiger partial charge < -0.3 is 0 Å². The molecule has 2 nitrogen and oxygen atoms in total. The van der Waals surface area contributed by atoms with E-state index in [1.54, 1.807) is 0 Å². The number of nitrogens with zero attached hydrogens (tertiary/aromatic N) is 2. The molecule has 0 aliphatic heterocycles. The molecule has 1 heterocycles. The molecule has 0 atom stereocenters. The maximum Gasteiger partial charge on any atom is 0.129 e. The zero-order chi connectivity index (χ0) is 12.0. The minimum atomic E-state index is 0.413. The van der Waals surface area contributed by atoms with Crippen molar-refractivity contribution in [2.24, 2.45) is 5.41 Å². The minimum absolute atomic E-state index is 0.413. The molecule has 90 valence electrons. The van der Waals surface area contributed by atoms with Crippen molar-refractivity contribution in [3.05, 3.63) is 23.8 Å². The third-order valence-electron chi connectivity index (χ3n) is 2.13. The van der Waals surface area contributed by atoms with Gasteiger partial charge in [-0.3, -0.25) is 0 Å². The lowest BCUT2D eigenvalue weighted by molar-refractivity contribution is 0.480. The second kappa shape index (κ2) is 6.24. The average molecular weight is 238 g/mol. The Balaban J connectivity index is 2.32. The molecular formula is C13H22N2S. The molecule has 1 aromatic heterocycles. The fraction of sp³-hybridized carbons (Fsp3) is 0.692. The second-order valence-electron chi connectivity index (χ2n) is 5.18. The van der Waals surface area contributed by atoms with E-state index >= 15 is 0 Å². The fourth-order valence-electron chi connectivity index (χ4n) is 1.30. The molecule has 0 fully saturated rings. The summed E-state index contributed by atoms with van der Waals surface area (Å²) in [5, 5.41) is 0. The molecule has 0 N–H and O–H groups in total. The molecule has 1 rings (SSSR count). The van der Waals surface area contributed by atoms with Crippen LogP contribution in [0.5, 0.6) is 0 Å². The van der Waals surface area contributed by atoms with Crippen LogP contribution in [0.1, 0.15) is 39.2 Å². The predicted octanol–water partition coefficient (Wildman–Crippen LogP) is 3.36. The highest BCUT2D eigenvalue weighted by Crippen LogP contribution is 2.20. The van der Waals surface area contributed by atoms with E-state index < -0.39 is 0 Å². The van der Waals surface area contributed by atoms with E-state index in [2.05, 4.69) is 37.7 Å². The monoisotopic (exact) mass is 238 g/mol. The van der Waals surface area contributed by atoms with Gasteiger partial charge in [-0.15, -0.1) is 0 Å². The van der Waals surface area contributed by atoms with Crippen molar-refractivity contribution in [2.75, 3.05) is 11.5 Å². The standard InChI is InChI=1S/C13H22N2S/c1-5-11-6-8-14-12(15-11)7-9-16-10-13(2,3)4/h6,8H,5,7,9-10H2,1-4H3. The Bertz CT molecular complexity index is 318. The van der Waals surface area contributed by atoms with Gasteiger partial charge in [0.15, 0.2) is 0 Å². The van der Waals surface area contributed by atoms with Crippen LogP contribution in [0.4, 0.5) is 0 Å². The molecule has 0 aromatic carbocycles. The van der Waals surface area contributed by atoms with E-state index in [9.17, 15) is 0 Å². The van der Waals surface area contributed by atoms with E-state index in [4.69, 9.17) is 0 Å². The van der Waals surface area contributed by atoms with E-state index in [-0.39, 0.29) is 0 Å². The van der Waals surface area contributed by atoms with Crippen LogP contribution >= 0.6 is 11.8 Å². The number of hydrogen-bond acceptors (Lipinski definition) is 3. The third kappa shape index (κ3) is 5.50. The van der Waals surface area contributed by atoms with Gasteiger partial charge in [-0.05, 0) is 23.7 Å². The van der Waals surface area contributed by atoms with E-state index in [1.165, 1.54) is 5.75 Å². The van der Waals surface area contributed by atoms with Gasteiger partial charge >= 0.3 is 0 Å². The first-order chi connectivity index (χ1) is 7.51. The summed E-state index contributed by atoms with van der Waals surface area (Å²) in [7, 11) is 0. The molecule has 1 aromatic rings. The Morgan fingerprint density at radius 3 is 2.69 bits per heavy atom. The summed E-state index contributed by atoms with van der Waals surface area (Å²) < 4.78 is 0. The van der Waals surface area contributed by atoms with Gasteiger partial charge in [-0.25, -0.2) is 9.97 Å². The van der Waals surface area contributed by atoms with E-state index in [1.807, 2.05) is 24.0 Å². The van der Waals surface area contributed by atoms with Crippen LogP contribution < -0.4 is 0 Å². The van der Waals surface area contributed by atoms with Crippen molar-refractivity contribution in [2.45, 2.75) is 40.5 Å². The maximum absolute atomic E-state index is 4.50. The van der Waals surface area contributed by atoms with Crippen molar-refractivity contribution in [3.63, 3.8) is 0 Å². The van der Waals surface area contributed by atoms with Gasteiger partial charge in [0.25, 0.3) is 0 Å².